The van der Waals surface area contributed by atoms with Crippen molar-refractivity contribution in [1.29, 1.82) is 0 Å². The van der Waals surface area contributed by atoms with E-state index in [0.29, 0.717) is 53.1 Å². The first-order valence-corrected chi connectivity index (χ1v) is 20.2. The predicted molar refractivity (Wildman–Crippen MR) is 219 cm³/mol. The lowest BCUT2D eigenvalue weighted by Gasteiger charge is -2.51. The number of pyridine rings is 1. The molecule has 0 spiro atoms. The van der Waals surface area contributed by atoms with Gasteiger partial charge in [-0.2, -0.15) is 0 Å². The number of alkyl carbamates (subject to hydrolysis) is 1. The quantitative estimate of drug-likeness (QED) is 0.0371. The van der Waals surface area contributed by atoms with Gasteiger partial charge in [0.15, 0.2) is 6.10 Å². The fourth-order valence-electron chi connectivity index (χ4n) is 8.47. The van der Waals surface area contributed by atoms with E-state index in [1.165, 1.54) is 12.1 Å². The molecule has 5 N–H and O–H groups in total. The van der Waals surface area contributed by atoms with Crippen molar-refractivity contribution in [2.75, 3.05) is 45.9 Å². The summed E-state index contributed by atoms with van der Waals surface area (Å²) in [5.41, 5.74) is 3.22. The summed E-state index contributed by atoms with van der Waals surface area (Å²) in [7, 11) is 0. The van der Waals surface area contributed by atoms with E-state index in [1.54, 1.807) is 12.1 Å². The van der Waals surface area contributed by atoms with Crippen LogP contribution in [0.1, 0.15) is 77.7 Å². The Kier molecular flexibility index (Phi) is 13.0. The number of carbonyl (C=O) groups is 2. The van der Waals surface area contributed by atoms with E-state index in [2.05, 4.69) is 15.6 Å². The molecule has 0 radical (unpaired) electrons. The third-order valence-electron chi connectivity index (χ3n) is 11.6. The minimum atomic E-state index is -0.784. The number of benzene rings is 4. The van der Waals surface area contributed by atoms with E-state index in [4.69, 9.17) is 9.47 Å². The molecule has 3 aliphatic heterocycles. The highest BCUT2D eigenvalue weighted by atomic mass is 16.6. The second-order valence-electron chi connectivity index (χ2n) is 15.5. The third-order valence-corrected chi connectivity index (χ3v) is 11.6. The highest BCUT2D eigenvalue weighted by Crippen LogP contribution is 2.36. The summed E-state index contributed by atoms with van der Waals surface area (Å²) in [4.78, 5) is 41.1. The number of aliphatic hydroxyl groups excluding tert-OH is 1. The minimum absolute atomic E-state index is 0.0283. The summed E-state index contributed by atoms with van der Waals surface area (Å²) in [6.45, 7) is 4.60. The maximum atomic E-state index is 13.6. The van der Waals surface area contributed by atoms with Crippen LogP contribution in [0.3, 0.4) is 0 Å². The van der Waals surface area contributed by atoms with Crippen LogP contribution in [0.4, 0.5) is 4.79 Å². The van der Waals surface area contributed by atoms with Crippen LogP contribution in [0.25, 0.3) is 10.9 Å². The van der Waals surface area contributed by atoms with Gasteiger partial charge < -0.3 is 39.8 Å². The Morgan fingerprint density at radius 2 is 1.58 bits per heavy atom. The first kappa shape index (κ1) is 39.7. The number of hydrogen-bond donors (Lipinski definition) is 5. The SMILES string of the molecule is O=C(NC(c1ccccc1)c1cccc(OCCCCCCNC[C@H](O)c2ccc(O)c3[nH]c(=O)ccc23)c1)O[C@H]1C[N+]2(CC(=O)c3ccccc3)CCC1CC2. The number of nitrogens with zero attached hydrogens (tertiary/aromatic N) is 1. The van der Waals surface area contributed by atoms with Crippen molar-refractivity contribution in [3.63, 3.8) is 0 Å². The van der Waals surface area contributed by atoms with Crippen LogP contribution >= 0.6 is 0 Å². The molecule has 11 nitrogen and oxygen atoms in total. The number of aromatic amines is 1. The van der Waals surface area contributed by atoms with Crippen molar-refractivity contribution in [3.8, 4) is 11.5 Å². The number of phenols is 1. The highest BCUT2D eigenvalue weighted by molar-refractivity contribution is 5.97. The number of hydrogen-bond acceptors (Lipinski definition) is 8. The molecule has 8 rings (SSSR count). The first-order chi connectivity index (χ1) is 27.8. The average Bonchev–Trinajstić information content (AvgIpc) is 3.23. The third kappa shape index (κ3) is 10.1. The van der Waals surface area contributed by atoms with E-state index < -0.39 is 18.2 Å². The Morgan fingerprint density at radius 3 is 2.37 bits per heavy atom. The lowest BCUT2D eigenvalue weighted by atomic mass is 9.83. The number of piperidine rings is 3. The molecule has 3 fully saturated rings. The zero-order valence-corrected chi connectivity index (χ0v) is 32.3. The number of carbonyl (C=O) groups excluding carboxylic acids is 2. The fraction of sp³-hybridized carbons (Fsp3) is 0.370. The van der Waals surface area contributed by atoms with Crippen LogP contribution in [-0.2, 0) is 4.74 Å². The Balaban J connectivity index is 0.865. The van der Waals surface area contributed by atoms with Gasteiger partial charge in [0.2, 0.25) is 11.3 Å². The number of quaternary nitrogens is 1. The van der Waals surface area contributed by atoms with Crippen molar-refractivity contribution in [3.05, 3.63) is 142 Å². The van der Waals surface area contributed by atoms with Crippen molar-refractivity contribution < 1.29 is 33.8 Å². The molecule has 1 unspecified atom stereocenters. The molecule has 4 heterocycles. The summed E-state index contributed by atoms with van der Waals surface area (Å²) < 4.78 is 13.0. The second-order valence-corrected chi connectivity index (χ2v) is 15.5. The van der Waals surface area contributed by atoms with E-state index in [0.717, 1.165) is 80.6 Å². The maximum absolute atomic E-state index is 13.6. The van der Waals surface area contributed by atoms with Crippen LogP contribution in [-0.4, -0.2) is 83.5 Å². The predicted octanol–water partition coefficient (Wildman–Crippen LogP) is 6.80. The zero-order chi connectivity index (χ0) is 39.6. The summed E-state index contributed by atoms with van der Waals surface area (Å²) in [6.07, 6.45) is 4.21. The number of fused-ring (bicyclic) bond motifs is 4. The van der Waals surface area contributed by atoms with Gasteiger partial charge in [0.25, 0.3) is 0 Å². The van der Waals surface area contributed by atoms with Crippen LogP contribution in [0.2, 0.25) is 0 Å². The Hall–Kier alpha value is -5.49. The molecular formula is C46H53N4O7+. The molecule has 3 atom stereocenters. The smallest absolute Gasteiger partial charge is 0.408 e. The number of aromatic nitrogens is 1. The molecular weight excluding hydrogens is 721 g/mol. The van der Waals surface area contributed by atoms with Crippen LogP contribution < -0.4 is 20.9 Å². The van der Waals surface area contributed by atoms with E-state index in [-0.39, 0.29) is 23.2 Å². The van der Waals surface area contributed by atoms with Gasteiger partial charge >= 0.3 is 6.09 Å². The number of ketones is 1. The van der Waals surface area contributed by atoms with Gasteiger partial charge in [-0.3, -0.25) is 9.59 Å². The van der Waals surface area contributed by atoms with E-state index in [1.807, 2.05) is 84.9 Å². The van der Waals surface area contributed by atoms with Crippen LogP contribution in [0, 0.1) is 5.92 Å². The van der Waals surface area contributed by atoms with Crippen molar-refractivity contribution in [2.45, 2.75) is 56.8 Å². The second kappa shape index (κ2) is 18.6. The number of rotatable bonds is 18. The number of Topliss-reactive ketones (excluding diaryl/α,β-unsaturated/α-hetero) is 1. The highest BCUT2D eigenvalue weighted by Gasteiger charge is 2.48. The molecule has 2 bridgehead atoms. The van der Waals surface area contributed by atoms with Gasteiger partial charge in [0, 0.05) is 42.3 Å². The molecule has 1 amide bonds. The van der Waals surface area contributed by atoms with Gasteiger partial charge in [0.1, 0.15) is 24.6 Å². The minimum Gasteiger partial charge on any atom is -0.506 e. The summed E-state index contributed by atoms with van der Waals surface area (Å²) in [5.74, 6) is 1.14. The fourth-order valence-corrected chi connectivity index (χ4v) is 8.47. The molecule has 3 aliphatic rings. The molecule has 298 valence electrons. The van der Waals surface area contributed by atoms with Crippen molar-refractivity contribution in [2.24, 2.45) is 5.92 Å². The van der Waals surface area contributed by atoms with Gasteiger partial charge in [0.05, 0.1) is 37.4 Å². The number of nitrogens with one attached hydrogen (secondary N) is 3. The monoisotopic (exact) mass is 773 g/mol. The van der Waals surface area contributed by atoms with Crippen LogP contribution in [0.15, 0.2) is 114 Å². The molecule has 57 heavy (non-hydrogen) atoms. The number of aliphatic hydroxyl groups is 1. The van der Waals surface area contributed by atoms with Gasteiger partial charge in [-0.05, 0) is 60.3 Å². The van der Waals surface area contributed by atoms with Crippen LogP contribution in [0.5, 0.6) is 11.5 Å². The van der Waals surface area contributed by atoms with E-state index in [9.17, 15) is 24.6 Å². The summed E-state index contributed by atoms with van der Waals surface area (Å²) in [5, 5.41) is 28.0. The molecule has 11 heteroatoms. The van der Waals surface area contributed by atoms with Crippen molar-refractivity contribution in [1.82, 2.24) is 15.6 Å². The lowest BCUT2D eigenvalue weighted by molar-refractivity contribution is -0.938. The molecule has 0 saturated carbocycles. The van der Waals surface area contributed by atoms with Gasteiger partial charge in [-0.25, -0.2) is 4.79 Å². The molecule has 4 aromatic carbocycles. The number of aromatic hydroxyl groups is 1. The van der Waals surface area contributed by atoms with Gasteiger partial charge in [-0.1, -0.05) is 91.7 Å². The molecule has 5 aromatic rings. The topological polar surface area (TPSA) is 150 Å². The molecule has 3 saturated heterocycles. The molecule has 1 aromatic heterocycles. The number of ether oxygens (including phenoxy) is 2. The summed E-state index contributed by atoms with van der Waals surface area (Å²) in [6, 6.07) is 32.9. The lowest BCUT2D eigenvalue weighted by Crippen LogP contribution is -2.66. The maximum Gasteiger partial charge on any atom is 0.408 e. The average molecular weight is 774 g/mol. The zero-order valence-electron chi connectivity index (χ0n) is 32.3. The first-order valence-electron chi connectivity index (χ1n) is 20.2. The number of amides is 1. The largest absolute Gasteiger partial charge is 0.506 e. The van der Waals surface area contributed by atoms with Gasteiger partial charge in [-0.15, -0.1) is 0 Å². The number of unbranched alkanes of at least 4 members (excludes halogenated alkanes) is 3. The van der Waals surface area contributed by atoms with E-state index >= 15 is 0 Å². The normalized spacial score (nSPS) is 19.8. The summed E-state index contributed by atoms with van der Waals surface area (Å²) >= 11 is 0. The number of H-pyrrole nitrogens is 1. The Labute approximate surface area is 333 Å². The Morgan fingerprint density at radius 1 is 0.842 bits per heavy atom. The molecule has 0 aliphatic carbocycles. The number of phenolic OH excluding ortho intramolecular Hbond substituents is 1. The van der Waals surface area contributed by atoms with Crippen molar-refractivity contribution >= 4 is 22.8 Å². The standard InChI is InChI=1S/C46H52N4O7/c51-39-20-18-37(38-19-21-43(54)48-45(38)39)40(52)29-47-24-9-1-2-10-27-56-36-17-11-16-35(28-36)44(34-14-7-4-8-15-34)49-46(55)57-42-31-50(25-22-33(42)23-26-50)30-41(53)32-12-5-3-6-13-32/h3-8,11-21,28,33,40,42,44,47,52H,1-2,9-10,22-27,29-31H2,(H2-,48,49,51,54,55)/p+1/t33?,40-,42-,44?,50?/m0/s1. The Bertz CT molecular complexity index is 2170.